The van der Waals surface area contributed by atoms with E-state index >= 15 is 0 Å². The van der Waals surface area contributed by atoms with Crippen LogP contribution in [0.1, 0.15) is 16.6 Å². The minimum atomic E-state index is -0.755. The maximum absolute atomic E-state index is 12.2. The van der Waals surface area contributed by atoms with Crippen LogP contribution in [0, 0.1) is 0 Å². The Bertz CT molecular complexity index is 973. The van der Waals surface area contributed by atoms with Gasteiger partial charge in [0.2, 0.25) is 0 Å². The van der Waals surface area contributed by atoms with E-state index in [9.17, 15) is 9.59 Å². The van der Waals surface area contributed by atoms with E-state index < -0.39 is 12.0 Å². The van der Waals surface area contributed by atoms with Crippen molar-refractivity contribution < 1.29 is 14.3 Å². The number of carbonyl (C=O) groups excluding carboxylic acids is 2. The molecule has 1 aromatic heterocycles. The van der Waals surface area contributed by atoms with E-state index in [-0.39, 0.29) is 11.0 Å². The molecule has 1 atom stereocenters. The fourth-order valence-electron chi connectivity index (χ4n) is 2.32. The second kappa shape index (κ2) is 8.61. The molecule has 2 aromatic carbocycles. The van der Waals surface area contributed by atoms with E-state index in [1.165, 1.54) is 11.3 Å². The molecule has 138 valence electrons. The van der Waals surface area contributed by atoms with Gasteiger partial charge in [0.1, 0.15) is 5.75 Å². The average Bonchev–Trinajstić information content (AvgIpc) is 3.21. The van der Waals surface area contributed by atoms with Crippen LogP contribution in [0.15, 0.2) is 60.0 Å². The molecule has 3 N–H and O–H groups in total. The number of nitrogens with one attached hydrogen (secondary N) is 3. The lowest BCUT2D eigenvalue weighted by molar-refractivity contribution is -0.127. The molecule has 0 fully saturated rings. The van der Waals surface area contributed by atoms with Crippen molar-refractivity contribution in [2.24, 2.45) is 0 Å². The third-order valence-corrected chi connectivity index (χ3v) is 4.75. The molecule has 1 heterocycles. The van der Waals surface area contributed by atoms with Crippen LogP contribution >= 0.6 is 23.6 Å². The van der Waals surface area contributed by atoms with Crippen molar-refractivity contribution in [3.63, 3.8) is 0 Å². The molecular weight excluding hydrogens is 382 g/mol. The Balaban J connectivity index is 1.49. The number of hydrogen-bond acceptors (Lipinski definition) is 5. The van der Waals surface area contributed by atoms with Gasteiger partial charge in [0.15, 0.2) is 11.2 Å². The monoisotopic (exact) mass is 399 g/mol. The third kappa shape index (κ3) is 5.02. The van der Waals surface area contributed by atoms with Crippen LogP contribution in [0.2, 0.25) is 0 Å². The van der Waals surface area contributed by atoms with Crippen LogP contribution < -0.4 is 20.9 Å². The minimum absolute atomic E-state index is 0.000319. The SMILES string of the molecule is C[C@@H](Oc1ccc2ccccc2c1)C(=O)NNC(=S)NC(=O)c1cccs1. The number of amides is 2. The van der Waals surface area contributed by atoms with E-state index in [2.05, 4.69) is 16.2 Å². The molecule has 27 heavy (non-hydrogen) atoms. The van der Waals surface area contributed by atoms with Gasteiger partial charge in [-0.3, -0.25) is 25.8 Å². The Morgan fingerprint density at radius 3 is 2.56 bits per heavy atom. The van der Waals surface area contributed by atoms with Gasteiger partial charge in [-0.05, 0) is 53.5 Å². The summed E-state index contributed by atoms with van der Waals surface area (Å²) in [5, 5.41) is 6.39. The number of benzene rings is 2. The summed E-state index contributed by atoms with van der Waals surface area (Å²) in [6.45, 7) is 1.62. The summed E-state index contributed by atoms with van der Waals surface area (Å²) in [5.74, 6) is -0.169. The number of carbonyl (C=O) groups is 2. The molecule has 0 saturated carbocycles. The summed E-state index contributed by atoms with van der Waals surface area (Å²) >= 11 is 6.30. The standard InChI is InChI=1S/C19H17N3O3S2/c1-12(25-15-9-8-13-5-2-3-6-14(13)11-15)17(23)21-22-19(26)20-18(24)16-7-4-10-27-16/h2-12H,1H3,(H,21,23)(H2,20,22,24,26)/t12-/m1/s1. The first-order chi connectivity index (χ1) is 13.0. The lowest BCUT2D eigenvalue weighted by Gasteiger charge is -2.16. The normalized spacial score (nSPS) is 11.4. The molecule has 2 amide bonds. The minimum Gasteiger partial charge on any atom is -0.481 e. The highest BCUT2D eigenvalue weighted by Crippen LogP contribution is 2.21. The van der Waals surface area contributed by atoms with Gasteiger partial charge in [-0.2, -0.15) is 0 Å². The van der Waals surface area contributed by atoms with Crippen molar-refractivity contribution in [2.45, 2.75) is 13.0 Å². The number of thiophene rings is 1. The molecule has 0 bridgehead atoms. The first-order valence-corrected chi connectivity index (χ1v) is 9.42. The van der Waals surface area contributed by atoms with Gasteiger partial charge in [-0.1, -0.05) is 36.4 Å². The number of thiocarbonyl (C=S) groups is 1. The van der Waals surface area contributed by atoms with Crippen molar-refractivity contribution in [1.29, 1.82) is 0 Å². The molecule has 3 rings (SSSR count). The number of hydrogen-bond donors (Lipinski definition) is 3. The average molecular weight is 399 g/mol. The Kier molecular flexibility index (Phi) is 6.00. The summed E-state index contributed by atoms with van der Waals surface area (Å²) in [6.07, 6.45) is -0.755. The number of rotatable bonds is 4. The summed E-state index contributed by atoms with van der Waals surface area (Å²) in [4.78, 5) is 24.6. The van der Waals surface area contributed by atoms with Crippen molar-refractivity contribution in [2.75, 3.05) is 0 Å². The van der Waals surface area contributed by atoms with Gasteiger partial charge in [-0.25, -0.2) is 0 Å². The summed E-state index contributed by atoms with van der Waals surface area (Å²) in [5.41, 5.74) is 4.92. The molecule has 8 heteroatoms. The molecular formula is C19H17N3O3S2. The molecule has 0 spiro atoms. The van der Waals surface area contributed by atoms with Crippen LogP contribution in [0.5, 0.6) is 5.75 Å². The zero-order chi connectivity index (χ0) is 19.2. The van der Waals surface area contributed by atoms with Gasteiger partial charge in [0, 0.05) is 0 Å². The zero-order valence-corrected chi connectivity index (χ0v) is 16.0. The molecule has 3 aromatic rings. The van der Waals surface area contributed by atoms with Gasteiger partial charge >= 0.3 is 0 Å². The highest BCUT2D eigenvalue weighted by atomic mass is 32.1. The zero-order valence-electron chi connectivity index (χ0n) is 14.4. The molecule has 0 aliphatic carbocycles. The van der Waals surface area contributed by atoms with Crippen LogP contribution in [-0.2, 0) is 4.79 Å². The Morgan fingerprint density at radius 2 is 1.81 bits per heavy atom. The Hall–Kier alpha value is -2.97. The number of hydrazine groups is 1. The van der Waals surface area contributed by atoms with Crippen molar-refractivity contribution in [1.82, 2.24) is 16.2 Å². The molecule has 0 radical (unpaired) electrons. The van der Waals surface area contributed by atoms with E-state index in [1.807, 2.05) is 42.5 Å². The van der Waals surface area contributed by atoms with Crippen LogP contribution in [0.4, 0.5) is 0 Å². The lowest BCUT2D eigenvalue weighted by atomic mass is 10.1. The van der Waals surface area contributed by atoms with E-state index in [0.717, 1.165) is 10.8 Å². The highest BCUT2D eigenvalue weighted by molar-refractivity contribution is 7.80. The van der Waals surface area contributed by atoms with Crippen LogP contribution in [0.25, 0.3) is 10.8 Å². The number of ether oxygens (including phenoxy) is 1. The van der Waals surface area contributed by atoms with E-state index in [1.54, 1.807) is 24.4 Å². The van der Waals surface area contributed by atoms with Crippen LogP contribution in [-0.4, -0.2) is 23.0 Å². The topological polar surface area (TPSA) is 79.5 Å². The predicted molar refractivity (Wildman–Crippen MR) is 110 cm³/mol. The predicted octanol–water partition coefficient (Wildman–Crippen LogP) is 3.00. The Labute approximate surface area is 165 Å². The molecule has 0 aliphatic heterocycles. The molecule has 6 nitrogen and oxygen atoms in total. The Morgan fingerprint density at radius 1 is 1.04 bits per heavy atom. The first kappa shape index (κ1) is 18.8. The molecule has 0 unspecified atom stereocenters. The molecule has 0 saturated heterocycles. The molecule has 0 aliphatic rings. The van der Waals surface area contributed by atoms with Gasteiger partial charge in [0.05, 0.1) is 4.88 Å². The number of fused-ring (bicyclic) bond motifs is 1. The lowest BCUT2D eigenvalue weighted by Crippen LogP contribution is -2.51. The second-order valence-corrected chi connectivity index (χ2v) is 7.00. The maximum atomic E-state index is 12.2. The maximum Gasteiger partial charge on any atom is 0.279 e. The van der Waals surface area contributed by atoms with E-state index in [0.29, 0.717) is 10.6 Å². The highest BCUT2D eigenvalue weighted by Gasteiger charge is 2.16. The quantitative estimate of drug-likeness (QED) is 0.464. The smallest absolute Gasteiger partial charge is 0.279 e. The van der Waals surface area contributed by atoms with Gasteiger partial charge in [0.25, 0.3) is 11.8 Å². The van der Waals surface area contributed by atoms with Gasteiger partial charge < -0.3 is 4.74 Å². The van der Waals surface area contributed by atoms with Crippen molar-refractivity contribution >= 4 is 51.3 Å². The second-order valence-electron chi connectivity index (χ2n) is 5.64. The van der Waals surface area contributed by atoms with Gasteiger partial charge in [-0.15, -0.1) is 11.3 Å². The van der Waals surface area contributed by atoms with Crippen molar-refractivity contribution in [3.8, 4) is 5.75 Å². The largest absolute Gasteiger partial charge is 0.481 e. The summed E-state index contributed by atoms with van der Waals surface area (Å²) in [6, 6.07) is 17.0. The van der Waals surface area contributed by atoms with Crippen molar-refractivity contribution in [3.05, 3.63) is 64.9 Å². The van der Waals surface area contributed by atoms with E-state index in [4.69, 9.17) is 17.0 Å². The third-order valence-electron chi connectivity index (χ3n) is 3.67. The fourth-order valence-corrected chi connectivity index (χ4v) is 3.08. The van der Waals surface area contributed by atoms with Crippen LogP contribution in [0.3, 0.4) is 0 Å². The fraction of sp³-hybridized carbons (Fsp3) is 0.105. The summed E-state index contributed by atoms with van der Waals surface area (Å²) < 4.78 is 5.68. The first-order valence-electron chi connectivity index (χ1n) is 8.13. The summed E-state index contributed by atoms with van der Waals surface area (Å²) in [7, 11) is 0.